The molecule has 1 aliphatic rings. The zero-order chi connectivity index (χ0) is 15.1. The molecule has 0 saturated heterocycles. The molecular formula is C18H25FO2. The largest absolute Gasteiger partial charge is 0.493 e. The number of carbonyl (C=O) groups is 1. The number of Topliss-reactive ketones (excluding diaryl/α,β-unsaturated/α-hetero) is 1. The summed E-state index contributed by atoms with van der Waals surface area (Å²) in [5.41, 5.74) is 0. The molecule has 1 aliphatic carbocycles. The highest BCUT2D eigenvalue weighted by Gasteiger charge is 2.22. The molecule has 1 saturated carbocycles. The van der Waals surface area contributed by atoms with Crippen LogP contribution in [0.2, 0.25) is 0 Å². The predicted molar refractivity (Wildman–Crippen MR) is 81.9 cm³/mol. The van der Waals surface area contributed by atoms with Gasteiger partial charge in [-0.3, -0.25) is 4.79 Å². The van der Waals surface area contributed by atoms with Crippen LogP contribution < -0.4 is 4.74 Å². The van der Waals surface area contributed by atoms with Gasteiger partial charge < -0.3 is 4.74 Å². The van der Waals surface area contributed by atoms with E-state index < -0.39 is 0 Å². The smallest absolute Gasteiger partial charge is 0.132 e. The van der Waals surface area contributed by atoms with E-state index in [-0.39, 0.29) is 5.82 Å². The molecule has 1 fully saturated rings. The Balaban J connectivity index is 1.65. The van der Waals surface area contributed by atoms with Gasteiger partial charge in [-0.15, -0.1) is 0 Å². The van der Waals surface area contributed by atoms with E-state index in [4.69, 9.17) is 4.74 Å². The van der Waals surface area contributed by atoms with Crippen molar-refractivity contribution < 1.29 is 13.9 Å². The standard InChI is InChI=1S/C18H25FO2/c1-2-17(20)10-7-14-3-5-15(6-4-14)13-21-18-11-8-16(19)9-12-18/h8-9,11-12,14-15H,2-7,10,13H2,1H3. The first-order chi connectivity index (χ1) is 10.2. The number of halogens is 1. The maximum Gasteiger partial charge on any atom is 0.132 e. The highest BCUT2D eigenvalue weighted by atomic mass is 19.1. The van der Waals surface area contributed by atoms with E-state index in [1.807, 2.05) is 6.92 Å². The Labute approximate surface area is 126 Å². The molecule has 1 aromatic rings. The summed E-state index contributed by atoms with van der Waals surface area (Å²) in [6, 6.07) is 6.21. The summed E-state index contributed by atoms with van der Waals surface area (Å²) >= 11 is 0. The number of ketones is 1. The zero-order valence-corrected chi connectivity index (χ0v) is 12.8. The van der Waals surface area contributed by atoms with Crippen molar-refractivity contribution in [2.45, 2.75) is 51.9 Å². The van der Waals surface area contributed by atoms with E-state index in [2.05, 4.69) is 0 Å². The molecular weight excluding hydrogens is 267 g/mol. The SMILES string of the molecule is CCC(=O)CCC1CCC(COc2ccc(F)cc2)CC1. The van der Waals surface area contributed by atoms with Crippen LogP contribution in [0.1, 0.15) is 51.9 Å². The number of carbonyl (C=O) groups excluding carboxylic acids is 1. The molecule has 0 aliphatic heterocycles. The van der Waals surface area contributed by atoms with Crippen molar-refractivity contribution in [1.82, 2.24) is 0 Å². The fourth-order valence-electron chi connectivity index (χ4n) is 2.97. The third-order valence-corrected chi connectivity index (χ3v) is 4.49. The van der Waals surface area contributed by atoms with Crippen LogP contribution in [0.4, 0.5) is 4.39 Å². The highest BCUT2D eigenvalue weighted by Crippen LogP contribution is 2.32. The van der Waals surface area contributed by atoms with Gasteiger partial charge in [-0.1, -0.05) is 19.8 Å². The Kier molecular flexibility index (Phi) is 6.21. The molecule has 0 amide bonds. The van der Waals surface area contributed by atoms with E-state index in [1.165, 1.54) is 37.8 Å². The van der Waals surface area contributed by atoms with Crippen molar-refractivity contribution in [2.24, 2.45) is 11.8 Å². The highest BCUT2D eigenvalue weighted by molar-refractivity contribution is 5.77. The Bertz CT molecular complexity index is 433. The van der Waals surface area contributed by atoms with Crippen LogP contribution in [0, 0.1) is 17.7 Å². The van der Waals surface area contributed by atoms with Crippen LogP contribution in [0.25, 0.3) is 0 Å². The third-order valence-electron chi connectivity index (χ3n) is 4.49. The average Bonchev–Trinajstić information content (AvgIpc) is 2.53. The molecule has 116 valence electrons. The predicted octanol–water partition coefficient (Wildman–Crippen LogP) is 4.77. The molecule has 0 aromatic heterocycles. The van der Waals surface area contributed by atoms with Crippen molar-refractivity contribution in [3.8, 4) is 5.75 Å². The van der Waals surface area contributed by atoms with Crippen LogP contribution >= 0.6 is 0 Å². The second-order valence-electron chi connectivity index (χ2n) is 6.08. The average molecular weight is 292 g/mol. The molecule has 0 bridgehead atoms. The van der Waals surface area contributed by atoms with Gasteiger partial charge in [0.2, 0.25) is 0 Å². The van der Waals surface area contributed by atoms with Crippen LogP contribution in [-0.2, 0) is 4.79 Å². The topological polar surface area (TPSA) is 26.3 Å². The van der Waals surface area contributed by atoms with Crippen LogP contribution in [0.15, 0.2) is 24.3 Å². The van der Waals surface area contributed by atoms with Crippen molar-refractivity contribution in [3.05, 3.63) is 30.1 Å². The third kappa shape index (κ3) is 5.49. The first-order valence-corrected chi connectivity index (χ1v) is 8.07. The lowest BCUT2D eigenvalue weighted by molar-refractivity contribution is -0.119. The minimum Gasteiger partial charge on any atom is -0.493 e. The molecule has 0 radical (unpaired) electrons. The molecule has 21 heavy (non-hydrogen) atoms. The molecule has 0 heterocycles. The summed E-state index contributed by atoms with van der Waals surface area (Å²) in [7, 11) is 0. The zero-order valence-electron chi connectivity index (χ0n) is 12.8. The lowest BCUT2D eigenvalue weighted by atomic mass is 9.80. The number of hydrogen-bond acceptors (Lipinski definition) is 2. The summed E-state index contributed by atoms with van der Waals surface area (Å²) in [4.78, 5) is 11.4. The monoisotopic (exact) mass is 292 g/mol. The van der Waals surface area contributed by atoms with Gasteiger partial charge in [0.05, 0.1) is 6.61 Å². The normalized spacial score (nSPS) is 22.0. The van der Waals surface area contributed by atoms with Crippen LogP contribution in [0.3, 0.4) is 0 Å². The first-order valence-electron chi connectivity index (χ1n) is 8.07. The van der Waals surface area contributed by atoms with Crippen molar-refractivity contribution in [1.29, 1.82) is 0 Å². The van der Waals surface area contributed by atoms with Gasteiger partial charge in [-0.25, -0.2) is 4.39 Å². The fraction of sp³-hybridized carbons (Fsp3) is 0.611. The first kappa shape index (κ1) is 16.0. The molecule has 2 nitrogen and oxygen atoms in total. The lowest BCUT2D eigenvalue weighted by Gasteiger charge is -2.28. The molecule has 0 N–H and O–H groups in total. The number of rotatable bonds is 7. The Morgan fingerprint density at radius 2 is 1.76 bits per heavy atom. The van der Waals surface area contributed by atoms with Crippen molar-refractivity contribution in [2.75, 3.05) is 6.61 Å². The second kappa shape index (κ2) is 8.16. The van der Waals surface area contributed by atoms with E-state index in [9.17, 15) is 9.18 Å². The van der Waals surface area contributed by atoms with Gasteiger partial charge in [0.1, 0.15) is 17.3 Å². The maximum absolute atomic E-state index is 12.8. The van der Waals surface area contributed by atoms with Crippen LogP contribution in [-0.4, -0.2) is 12.4 Å². The molecule has 0 spiro atoms. The van der Waals surface area contributed by atoms with Gasteiger partial charge in [-0.05, 0) is 55.4 Å². The van der Waals surface area contributed by atoms with Crippen molar-refractivity contribution in [3.63, 3.8) is 0 Å². The van der Waals surface area contributed by atoms with E-state index in [1.54, 1.807) is 12.1 Å². The lowest BCUT2D eigenvalue weighted by Crippen LogP contribution is -2.20. The van der Waals surface area contributed by atoms with Gasteiger partial charge in [0.25, 0.3) is 0 Å². The summed E-state index contributed by atoms with van der Waals surface area (Å²) in [6.45, 7) is 2.65. The van der Waals surface area contributed by atoms with E-state index in [0.29, 0.717) is 30.6 Å². The summed E-state index contributed by atoms with van der Waals surface area (Å²) in [5, 5.41) is 0. The second-order valence-corrected chi connectivity index (χ2v) is 6.08. The fourth-order valence-corrected chi connectivity index (χ4v) is 2.97. The minimum absolute atomic E-state index is 0.232. The van der Waals surface area contributed by atoms with Crippen molar-refractivity contribution >= 4 is 5.78 Å². The summed E-state index contributed by atoms with van der Waals surface area (Å²) in [6.07, 6.45) is 7.22. The molecule has 1 aromatic carbocycles. The maximum atomic E-state index is 12.8. The number of ether oxygens (including phenoxy) is 1. The molecule has 0 atom stereocenters. The summed E-state index contributed by atoms with van der Waals surface area (Å²) in [5.74, 6) is 2.20. The van der Waals surface area contributed by atoms with Gasteiger partial charge in [0.15, 0.2) is 0 Å². The number of hydrogen-bond donors (Lipinski definition) is 0. The molecule has 3 heteroatoms. The Morgan fingerprint density at radius 1 is 1.14 bits per heavy atom. The van der Waals surface area contributed by atoms with Gasteiger partial charge >= 0.3 is 0 Å². The Hall–Kier alpha value is -1.38. The van der Waals surface area contributed by atoms with E-state index >= 15 is 0 Å². The quantitative estimate of drug-likeness (QED) is 0.723. The molecule has 0 unspecified atom stereocenters. The number of benzene rings is 1. The summed E-state index contributed by atoms with van der Waals surface area (Å²) < 4.78 is 18.5. The Morgan fingerprint density at radius 3 is 2.38 bits per heavy atom. The molecule has 2 rings (SSSR count). The van der Waals surface area contributed by atoms with Crippen LogP contribution in [0.5, 0.6) is 5.75 Å². The van der Waals surface area contributed by atoms with Gasteiger partial charge in [0, 0.05) is 12.8 Å². The minimum atomic E-state index is -0.232. The van der Waals surface area contributed by atoms with Gasteiger partial charge in [-0.2, -0.15) is 0 Å². The van der Waals surface area contributed by atoms with E-state index in [0.717, 1.165) is 18.6 Å².